The van der Waals surface area contributed by atoms with Crippen LogP contribution in [0.25, 0.3) is 49.4 Å². The van der Waals surface area contributed by atoms with Gasteiger partial charge in [-0.25, -0.2) is 0 Å². The zero-order valence-electron chi connectivity index (χ0n) is 30.4. The van der Waals surface area contributed by atoms with Crippen molar-refractivity contribution in [2.24, 2.45) is 0 Å². The minimum Gasteiger partial charge on any atom is -0.457 e. The summed E-state index contributed by atoms with van der Waals surface area (Å²) in [6, 6.07) is 74.9. The Hall–Kier alpha value is -7.36. The predicted molar refractivity (Wildman–Crippen MR) is 230 cm³/mol. The summed E-state index contributed by atoms with van der Waals surface area (Å²) >= 11 is 0. The predicted octanol–water partition coefficient (Wildman–Crippen LogP) is 13.9. The Morgan fingerprint density at radius 2 is 1.00 bits per heavy atom. The number of aromatic nitrogens is 1. The third-order valence-electron chi connectivity index (χ3n) is 12.0. The molecule has 2 aliphatic rings. The van der Waals surface area contributed by atoms with Gasteiger partial charge in [-0.2, -0.15) is 0 Å². The fraction of sp³-hybridized carbons (Fsp3) is 0.0189. The maximum atomic E-state index is 6.67. The van der Waals surface area contributed by atoms with Crippen LogP contribution in [0.4, 0.5) is 17.1 Å². The van der Waals surface area contributed by atoms with Gasteiger partial charge in [0.05, 0.1) is 22.1 Å². The van der Waals surface area contributed by atoms with Gasteiger partial charge in [0.2, 0.25) is 0 Å². The summed E-state index contributed by atoms with van der Waals surface area (Å²) in [5.74, 6) is 1.79. The van der Waals surface area contributed by atoms with Crippen LogP contribution in [0.3, 0.4) is 0 Å². The first-order valence-corrected chi connectivity index (χ1v) is 19.3. The molecule has 0 unspecified atom stereocenters. The van der Waals surface area contributed by atoms with Crippen LogP contribution in [-0.4, -0.2) is 4.57 Å². The van der Waals surface area contributed by atoms with Gasteiger partial charge in [-0.05, 0) is 88.3 Å². The van der Waals surface area contributed by atoms with E-state index < -0.39 is 5.41 Å². The van der Waals surface area contributed by atoms with Crippen LogP contribution in [0.1, 0.15) is 22.3 Å². The third kappa shape index (κ3) is 4.17. The molecule has 1 aliphatic carbocycles. The van der Waals surface area contributed by atoms with Crippen molar-refractivity contribution in [3.05, 3.63) is 229 Å². The molecule has 1 aliphatic heterocycles. The third-order valence-corrected chi connectivity index (χ3v) is 12.0. The second kappa shape index (κ2) is 11.8. The maximum absolute atomic E-state index is 6.67. The number of hydrogen-bond acceptors (Lipinski definition) is 2. The summed E-state index contributed by atoms with van der Waals surface area (Å²) < 4.78 is 9.07. The van der Waals surface area contributed by atoms with Gasteiger partial charge in [0.25, 0.3) is 0 Å². The number of anilines is 3. The van der Waals surface area contributed by atoms with Crippen LogP contribution in [0, 0.1) is 0 Å². The largest absolute Gasteiger partial charge is 0.457 e. The second-order valence-corrected chi connectivity index (χ2v) is 14.8. The molecule has 12 rings (SSSR count). The van der Waals surface area contributed by atoms with Crippen LogP contribution in [0.15, 0.2) is 206 Å². The fourth-order valence-corrected chi connectivity index (χ4v) is 9.85. The van der Waals surface area contributed by atoms with Gasteiger partial charge >= 0.3 is 0 Å². The monoisotopic (exact) mass is 714 g/mol. The number of ether oxygens (including phenoxy) is 1. The van der Waals surface area contributed by atoms with Crippen molar-refractivity contribution < 1.29 is 4.74 Å². The summed E-state index contributed by atoms with van der Waals surface area (Å²) in [7, 11) is 0. The molecule has 0 amide bonds. The number of fused-ring (bicyclic) bond motifs is 11. The zero-order chi connectivity index (χ0) is 36.8. The molecule has 3 heteroatoms. The van der Waals surface area contributed by atoms with E-state index in [1.807, 2.05) is 0 Å². The average Bonchev–Trinajstić information content (AvgIpc) is 3.60. The molecule has 0 radical (unpaired) electrons. The molecule has 0 saturated carbocycles. The van der Waals surface area contributed by atoms with E-state index in [-0.39, 0.29) is 0 Å². The smallest absolute Gasteiger partial charge is 0.132 e. The van der Waals surface area contributed by atoms with Crippen LogP contribution in [0.5, 0.6) is 11.5 Å². The highest BCUT2D eigenvalue weighted by atomic mass is 16.5. The van der Waals surface area contributed by atoms with Gasteiger partial charge in [0.1, 0.15) is 11.5 Å². The SMILES string of the molecule is c1ccc(N(c2ccc3c4ccccc4n(-c4ccccc4)c3c2)c2ccc3c4c(cccc24)C2(c4ccccc4Oc4ccccc42)c2ccccc2-3)cc1. The van der Waals surface area contributed by atoms with E-state index in [0.717, 1.165) is 45.4 Å². The first-order valence-electron chi connectivity index (χ1n) is 19.3. The first kappa shape index (κ1) is 31.0. The molecule has 0 fully saturated rings. The van der Waals surface area contributed by atoms with Crippen molar-refractivity contribution in [3.8, 4) is 28.3 Å². The number of nitrogens with zero attached hydrogens (tertiary/aromatic N) is 2. The molecular weight excluding hydrogens is 681 g/mol. The Labute approximate surface area is 324 Å². The molecule has 9 aromatic carbocycles. The molecule has 0 saturated heterocycles. The van der Waals surface area contributed by atoms with Gasteiger partial charge in [-0.3, -0.25) is 0 Å². The van der Waals surface area contributed by atoms with Gasteiger partial charge < -0.3 is 14.2 Å². The Morgan fingerprint density at radius 3 is 1.79 bits per heavy atom. The lowest BCUT2D eigenvalue weighted by molar-refractivity contribution is 0.435. The number of rotatable bonds is 4. The summed E-state index contributed by atoms with van der Waals surface area (Å²) in [6.07, 6.45) is 0. The van der Waals surface area contributed by atoms with E-state index in [0.29, 0.717) is 0 Å². The summed E-state index contributed by atoms with van der Waals surface area (Å²) in [5.41, 5.74) is 13.6. The normalized spacial score (nSPS) is 13.3. The molecule has 1 aromatic heterocycles. The van der Waals surface area contributed by atoms with Crippen LogP contribution < -0.4 is 9.64 Å². The molecule has 2 heterocycles. The Bertz CT molecular complexity index is 3130. The topological polar surface area (TPSA) is 17.4 Å². The molecule has 1 spiro atoms. The fourth-order valence-electron chi connectivity index (χ4n) is 9.85. The second-order valence-electron chi connectivity index (χ2n) is 14.8. The van der Waals surface area contributed by atoms with Crippen molar-refractivity contribution in [2.45, 2.75) is 5.41 Å². The molecule has 0 bridgehead atoms. The highest BCUT2D eigenvalue weighted by molar-refractivity contribution is 6.13. The molecule has 0 N–H and O–H groups in total. The molecule has 0 atom stereocenters. The number of hydrogen-bond donors (Lipinski definition) is 0. The quantitative estimate of drug-likeness (QED) is 0.181. The summed E-state index contributed by atoms with van der Waals surface area (Å²) in [6.45, 7) is 0. The van der Waals surface area contributed by atoms with Gasteiger partial charge in [0.15, 0.2) is 0 Å². The number of para-hydroxylation sites is 5. The minimum atomic E-state index is -0.583. The van der Waals surface area contributed by atoms with E-state index in [4.69, 9.17) is 4.74 Å². The van der Waals surface area contributed by atoms with Crippen molar-refractivity contribution in [1.29, 1.82) is 0 Å². The Morgan fingerprint density at radius 1 is 0.393 bits per heavy atom. The van der Waals surface area contributed by atoms with Crippen molar-refractivity contribution >= 4 is 49.6 Å². The summed E-state index contributed by atoms with van der Waals surface area (Å²) in [4.78, 5) is 2.44. The Balaban J connectivity index is 1.17. The van der Waals surface area contributed by atoms with Crippen molar-refractivity contribution in [3.63, 3.8) is 0 Å². The lowest BCUT2D eigenvalue weighted by Crippen LogP contribution is -2.36. The zero-order valence-corrected chi connectivity index (χ0v) is 30.4. The summed E-state index contributed by atoms with van der Waals surface area (Å²) in [5, 5.41) is 4.93. The van der Waals surface area contributed by atoms with Crippen LogP contribution in [0.2, 0.25) is 0 Å². The number of benzene rings is 9. The van der Waals surface area contributed by atoms with E-state index in [1.165, 1.54) is 54.8 Å². The van der Waals surface area contributed by atoms with Crippen LogP contribution >= 0.6 is 0 Å². The van der Waals surface area contributed by atoms with Crippen molar-refractivity contribution in [2.75, 3.05) is 4.90 Å². The highest BCUT2D eigenvalue weighted by Gasteiger charge is 2.49. The minimum absolute atomic E-state index is 0.583. The maximum Gasteiger partial charge on any atom is 0.132 e. The van der Waals surface area contributed by atoms with Gasteiger partial charge in [-0.1, -0.05) is 146 Å². The molecule has 56 heavy (non-hydrogen) atoms. The lowest BCUT2D eigenvalue weighted by atomic mass is 9.58. The Kier molecular flexibility index (Phi) is 6.55. The average molecular weight is 715 g/mol. The van der Waals surface area contributed by atoms with E-state index in [1.54, 1.807) is 0 Å². The van der Waals surface area contributed by atoms with Crippen molar-refractivity contribution in [1.82, 2.24) is 4.57 Å². The molecular formula is C53H34N2O. The van der Waals surface area contributed by atoms with E-state index in [2.05, 4.69) is 216 Å². The first-order chi connectivity index (χ1) is 27.8. The standard InChI is InChI=1S/C53H34N2O/c1-3-16-35(17-4-1)54(37-30-31-40-39-21-8-12-27-47(39)55(49(40)34-37)36-18-5-2-6-19-36)48-33-32-41-38-20-7-9-23-43(38)53(46-26-15-22-42(48)52(41)46)44-24-10-13-28-50(44)56-51-29-14-11-25-45(51)53/h1-34H. The molecule has 3 nitrogen and oxygen atoms in total. The van der Waals surface area contributed by atoms with E-state index >= 15 is 0 Å². The lowest BCUT2D eigenvalue weighted by Gasteiger charge is -2.45. The van der Waals surface area contributed by atoms with E-state index in [9.17, 15) is 0 Å². The van der Waals surface area contributed by atoms with Crippen LogP contribution in [-0.2, 0) is 5.41 Å². The molecule has 10 aromatic rings. The molecule has 262 valence electrons. The van der Waals surface area contributed by atoms with Gasteiger partial charge in [0, 0.05) is 44.3 Å². The highest BCUT2D eigenvalue weighted by Crippen LogP contribution is 2.61. The van der Waals surface area contributed by atoms with Gasteiger partial charge in [-0.15, -0.1) is 0 Å².